The molecule has 0 spiro atoms. The lowest BCUT2D eigenvalue weighted by atomic mass is 10.2. The van der Waals surface area contributed by atoms with Gasteiger partial charge in [-0.15, -0.1) is 0 Å². The molecule has 0 aliphatic carbocycles. The van der Waals surface area contributed by atoms with E-state index >= 15 is 0 Å². The first-order valence-corrected chi connectivity index (χ1v) is 10.2. The van der Waals surface area contributed by atoms with Crippen LogP contribution in [-0.2, 0) is 4.74 Å². The maximum Gasteiger partial charge on any atom is 0.257 e. The van der Waals surface area contributed by atoms with Crippen LogP contribution in [0.5, 0.6) is 5.75 Å². The maximum atomic E-state index is 12.6. The van der Waals surface area contributed by atoms with Crippen LogP contribution in [-0.4, -0.2) is 43.4 Å². The summed E-state index contributed by atoms with van der Waals surface area (Å²) in [6.45, 7) is 6.75. The average Bonchev–Trinajstić information content (AvgIpc) is 2.68. The minimum atomic E-state index is -0.313. The Hall–Kier alpha value is -2.35. The number of benzene rings is 2. The van der Waals surface area contributed by atoms with Crippen molar-refractivity contribution in [1.29, 1.82) is 0 Å². The van der Waals surface area contributed by atoms with E-state index in [1.165, 1.54) is 0 Å². The Kier molecular flexibility index (Phi) is 7.30. The molecule has 3 rings (SSSR count). The number of nitrogens with one attached hydrogen (secondary N) is 2. The molecule has 0 unspecified atom stereocenters. The quantitative estimate of drug-likeness (QED) is 0.692. The molecule has 2 aromatic rings. The van der Waals surface area contributed by atoms with Gasteiger partial charge < -0.3 is 19.7 Å². The highest BCUT2D eigenvalue weighted by molar-refractivity contribution is 7.80. The molecule has 1 aliphatic heterocycles. The van der Waals surface area contributed by atoms with E-state index in [0.717, 1.165) is 24.5 Å². The van der Waals surface area contributed by atoms with Crippen LogP contribution in [0.4, 0.5) is 11.4 Å². The molecular formula is C21H24ClN3O3S. The van der Waals surface area contributed by atoms with Crippen molar-refractivity contribution < 1.29 is 14.3 Å². The summed E-state index contributed by atoms with van der Waals surface area (Å²) in [5, 5.41) is 6.59. The molecule has 1 fully saturated rings. The van der Waals surface area contributed by atoms with Gasteiger partial charge in [-0.25, -0.2) is 0 Å². The fourth-order valence-corrected chi connectivity index (χ4v) is 3.37. The first kappa shape index (κ1) is 21.4. The highest BCUT2D eigenvalue weighted by atomic mass is 35.5. The van der Waals surface area contributed by atoms with Gasteiger partial charge in [-0.2, -0.15) is 0 Å². The second-order valence-electron chi connectivity index (χ2n) is 6.86. The molecule has 0 saturated carbocycles. The third-order valence-electron chi connectivity index (χ3n) is 4.25. The number of ether oxygens (including phenoxy) is 2. The fourth-order valence-electron chi connectivity index (χ4n) is 3.00. The minimum absolute atomic E-state index is 0.0255. The second-order valence-corrected chi connectivity index (χ2v) is 7.71. The molecule has 0 radical (unpaired) electrons. The molecule has 6 nitrogen and oxygen atoms in total. The monoisotopic (exact) mass is 433 g/mol. The van der Waals surface area contributed by atoms with Crippen LogP contribution in [0.15, 0.2) is 42.5 Å². The number of carbonyl (C=O) groups excluding carboxylic acids is 1. The predicted molar refractivity (Wildman–Crippen MR) is 120 cm³/mol. The van der Waals surface area contributed by atoms with E-state index in [0.29, 0.717) is 29.5 Å². The lowest BCUT2D eigenvalue weighted by Crippen LogP contribution is -2.38. The third kappa shape index (κ3) is 6.06. The lowest BCUT2D eigenvalue weighted by Gasteiger charge is -2.30. The van der Waals surface area contributed by atoms with Crippen LogP contribution in [0.1, 0.15) is 24.2 Å². The van der Waals surface area contributed by atoms with E-state index in [9.17, 15) is 4.79 Å². The SMILES string of the molecule is CC(C)Oc1cccc(C(=O)NC(=S)Nc2cc(Cl)ccc2N2CCOCC2)c1. The van der Waals surface area contributed by atoms with Gasteiger partial charge >= 0.3 is 0 Å². The number of nitrogens with zero attached hydrogens (tertiary/aromatic N) is 1. The summed E-state index contributed by atoms with van der Waals surface area (Å²) in [5.41, 5.74) is 2.16. The van der Waals surface area contributed by atoms with E-state index in [1.54, 1.807) is 24.3 Å². The summed E-state index contributed by atoms with van der Waals surface area (Å²) >= 11 is 11.5. The summed E-state index contributed by atoms with van der Waals surface area (Å²) in [6.07, 6.45) is 0.0255. The van der Waals surface area contributed by atoms with Crippen LogP contribution >= 0.6 is 23.8 Å². The van der Waals surface area contributed by atoms with Crippen LogP contribution in [0.25, 0.3) is 0 Å². The van der Waals surface area contributed by atoms with E-state index in [4.69, 9.17) is 33.3 Å². The van der Waals surface area contributed by atoms with Gasteiger partial charge in [0.1, 0.15) is 5.75 Å². The average molecular weight is 434 g/mol. The minimum Gasteiger partial charge on any atom is -0.491 e. The summed E-state index contributed by atoms with van der Waals surface area (Å²) in [7, 11) is 0. The van der Waals surface area contributed by atoms with E-state index in [1.807, 2.05) is 32.0 Å². The first-order valence-electron chi connectivity index (χ1n) is 9.43. The fraction of sp³-hybridized carbons (Fsp3) is 0.333. The van der Waals surface area contributed by atoms with Gasteiger partial charge in [0, 0.05) is 23.7 Å². The van der Waals surface area contributed by atoms with Crippen molar-refractivity contribution in [2.24, 2.45) is 0 Å². The molecule has 0 atom stereocenters. The van der Waals surface area contributed by atoms with Crippen molar-refractivity contribution in [2.75, 3.05) is 36.5 Å². The number of thiocarbonyl (C=S) groups is 1. The zero-order valence-electron chi connectivity index (χ0n) is 16.4. The third-order valence-corrected chi connectivity index (χ3v) is 4.69. The highest BCUT2D eigenvalue weighted by Crippen LogP contribution is 2.30. The van der Waals surface area contributed by atoms with Crippen LogP contribution in [0.3, 0.4) is 0 Å². The molecule has 2 aromatic carbocycles. The molecule has 1 amide bonds. The number of hydrogen-bond donors (Lipinski definition) is 2. The number of hydrogen-bond acceptors (Lipinski definition) is 5. The molecule has 2 N–H and O–H groups in total. The summed E-state index contributed by atoms with van der Waals surface area (Å²) < 4.78 is 11.1. The summed E-state index contributed by atoms with van der Waals surface area (Å²) in [4.78, 5) is 14.8. The maximum absolute atomic E-state index is 12.6. The summed E-state index contributed by atoms with van der Waals surface area (Å²) in [6, 6.07) is 12.6. The van der Waals surface area contributed by atoms with Crippen molar-refractivity contribution in [3.63, 3.8) is 0 Å². The second kappa shape index (κ2) is 9.91. The van der Waals surface area contributed by atoms with Crippen LogP contribution in [0, 0.1) is 0 Å². The largest absolute Gasteiger partial charge is 0.491 e. The Balaban J connectivity index is 1.69. The van der Waals surface area contributed by atoms with Crippen molar-refractivity contribution in [2.45, 2.75) is 20.0 Å². The molecule has 1 saturated heterocycles. The number of anilines is 2. The smallest absolute Gasteiger partial charge is 0.257 e. The van der Waals surface area contributed by atoms with E-state index in [-0.39, 0.29) is 17.1 Å². The predicted octanol–water partition coefficient (Wildman–Crippen LogP) is 4.09. The van der Waals surface area contributed by atoms with Crippen molar-refractivity contribution in [3.8, 4) is 5.75 Å². The normalized spacial score (nSPS) is 13.9. The number of halogens is 1. The van der Waals surface area contributed by atoms with Gasteiger partial charge in [0.25, 0.3) is 5.91 Å². The van der Waals surface area contributed by atoms with Crippen LogP contribution < -0.4 is 20.3 Å². The number of carbonyl (C=O) groups is 1. The Labute approximate surface area is 181 Å². The van der Waals surface area contributed by atoms with E-state index in [2.05, 4.69) is 15.5 Å². The molecule has 0 bridgehead atoms. The number of morpholine rings is 1. The molecule has 8 heteroatoms. The molecule has 154 valence electrons. The van der Waals surface area contributed by atoms with Crippen molar-refractivity contribution >= 4 is 46.2 Å². The molecule has 29 heavy (non-hydrogen) atoms. The number of amides is 1. The molecule has 0 aromatic heterocycles. The zero-order valence-corrected chi connectivity index (χ0v) is 18.0. The number of rotatable bonds is 5. The Morgan fingerprint density at radius 2 is 1.97 bits per heavy atom. The first-order chi connectivity index (χ1) is 13.9. The molecule has 1 heterocycles. The molecular weight excluding hydrogens is 410 g/mol. The Morgan fingerprint density at radius 1 is 1.21 bits per heavy atom. The van der Waals surface area contributed by atoms with Gasteiger partial charge in [0.05, 0.1) is 30.7 Å². The zero-order chi connectivity index (χ0) is 20.8. The lowest BCUT2D eigenvalue weighted by molar-refractivity contribution is 0.0977. The van der Waals surface area contributed by atoms with Gasteiger partial charge in [-0.1, -0.05) is 17.7 Å². The summed E-state index contributed by atoms with van der Waals surface area (Å²) in [5.74, 6) is 0.322. The van der Waals surface area contributed by atoms with Crippen molar-refractivity contribution in [1.82, 2.24) is 5.32 Å². The van der Waals surface area contributed by atoms with Gasteiger partial charge in [0.15, 0.2) is 5.11 Å². The van der Waals surface area contributed by atoms with Gasteiger partial charge in [0.2, 0.25) is 0 Å². The van der Waals surface area contributed by atoms with E-state index < -0.39 is 0 Å². The Bertz CT molecular complexity index is 885. The van der Waals surface area contributed by atoms with Crippen LogP contribution in [0.2, 0.25) is 5.02 Å². The van der Waals surface area contributed by atoms with Crippen molar-refractivity contribution in [3.05, 3.63) is 53.1 Å². The molecule has 1 aliphatic rings. The van der Waals surface area contributed by atoms with Gasteiger partial charge in [-0.05, 0) is 62.5 Å². The van der Waals surface area contributed by atoms with Gasteiger partial charge in [-0.3, -0.25) is 10.1 Å². The Morgan fingerprint density at radius 3 is 2.69 bits per heavy atom. The highest BCUT2D eigenvalue weighted by Gasteiger charge is 2.17. The topological polar surface area (TPSA) is 62.8 Å². The standard InChI is InChI=1S/C21H24ClN3O3S/c1-14(2)28-17-5-3-4-15(12-17)20(26)24-21(29)23-18-13-16(22)6-7-19(18)25-8-10-27-11-9-25/h3-7,12-14H,8-11H2,1-2H3,(H2,23,24,26,29).